The molecule has 0 saturated carbocycles. The van der Waals surface area contributed by atoms with Crippen molar-refractivity contribution in [2.75, 3.05) is 32.8 Å². The summed E-state index contributed by atoms with van der Waals surface area (Å²) in [5.41, 5.74) is 0. The molecule has 7 heteroatoms. The van der Waals surface area contributed by atoms with Crippen LogP contribution >= 0.6 is 24.8 Å². The summed E-state index contributed by atoms with van der Waals surface area (Å²) in [5.74, 6) is 0. The Morgan fingerprint density at radius 1 is 1.48 bits per heavy atom. The number of rotatable bonds is 4. The van der Waals surface area contributed by atoms with E-state index in [1.54, 1.807) is 11.0 Å². The Morgan fingerprint density at radius 2 is 2.19 bits per heavy atom. The lowest BCUT2D eigenvalue weighted by Gasteiger charge is -2.26. The summed E-state index contributed by atoms with van der Waals surface area (Å²) in [4.78, 5) is 15.9. The van der Waals surface area contributed by atoms with Crippen LogP contribution in [-0.4, -0.2) is 65.1 Å². The predicted octanol–water partition coefficient (Wildman–Crippen LogP) is 1.65. The van der Waals surface area contributed by atoms with E-state index in [9.17, 15) is 4.79 Å². The smallest absolute Gasteiger partial charge is 0.410 e. The van der Waals surface area contributed by atoms with E-state index in [4.69, 9.17) is 17.0 Å². The van der Waals surface area contributed by atoms with Crippen LogP contribution in [0.15, 0.2) is 12.7 Å². The molecule has 2 fully saturated rings. The van der Waals surface area contributed by atoms with Crippen LogP contribution in [0.4, 0.5) is 4.79 Å². The zero-order chi connectivity index (χ0) is 15.2. The number of carbonyl (C=O) groups excluding carboxylic acids is 1. The van der Waals surface area contributed by atoms with Gasteiger partial charge in [0.15, 0.2) is 5.11 Å². The Kier molecular flexibility index (Phi) is 6.17. The second kappa shape index (κ2) is 7.89. The van der Waals surface area contributed by atoms with Crippen LogP contribution in [-0.2, 0) is 4.74 Å². The Morgan fingerprint density at radius 3 is 2.86 bits per heavy atom. The monoisotopic (exact) mass is 329 g/mol. The zero-order valence-electron chi connectivity index (χ0n) is 12.2. The van der Waals surface area contributed by atoms with E-state index in [2.05, 4.69) is 29.4 Å². The number of ether oxygens (including phenoxy) is 1. The molecular formula is C14H23N3O2S2. The van der Waals surface area contributed by atoms with Gasteiger partial charge < -0.3 is 19.9 Å². The van der Waals surface area contributed by atoms with E-state index in [1.165, 1.54) is 12.8 Å². The maximum absolute atomic E-state index is 12.0. The second-order valence-corrected chi connectivity index (χ2v) is 6.56. The van der Waals surface area contributed by atoms with Gasteiger partial charge in [0.2, 0.25) is 0 Å². The molecule has 1 N–H and O–H groups in total. The summed E-state index contributed by atoms with van der Waals surface area (Å²) in [5, 5.41) is 4.26. The SMILES string of the molecule is C=CCOC(=O)N1C[C@@H](S)C[C@H]1CNC(=S)N1CCCC1. The number of likely N-dealkylation sites (tertiary alicyclic amines) is 2. The highest BCUT2D eigenvalue weighted by Gasteiger charge is 2.34. The van der Waals surface area contributed by atoms with Crippen molar-refractivity contribution >= 4 is 36.1 Å². The summed E-state index contributed by atoms with van der Waals surface area (Å²) in [6.45, 7) is 7.10. The quantitative estimate of drug-likeness (QED) is 0.466. The van der Waals surface area contributed by atoms with Crippen molar-refractivity contribution in [2.45, 2.75) is 30.6 Å². The number of hydrogen-bond acceptors (Lipinski definition) is 4. The van der Waals surface area contributed by atoms with Crippen LogP contribution in [0.1, 0.15) is 19.3 Å². The van der Waals surface area contributed by atoms with E-state index in [1.807, 2.05) is 0 Å². The van der Waals surface area contributed by atoms with E-state index >= 15 is 0 Å². The summed E-state index contributed by atoms with van der Waals surface area (Å²) in [6.07, 6.45) is 4.52. The molecule has 0 aromatic heterocycles. The molecule has 0 unspecified atom stereocenters. The van der Waals surface area contributed by atoms with Crippen molar-refractivity contribution in [3.8, 4) is 0 Å². The first-order chi connectivity index (χ1) is 10.1. The first-order valence-electron chi connectivity index (χ1n) is 7.37. The molecule has 0 radical (unpaired) electrons. The van der Waals surface area contributed by atoms with Crippen molar-refractivity contribution in [2.24, 2.45) is 0 Å². The number of thiocarbonyl (C=S) groups is 1. The van der Waals surface area contributed by atoms with Crippen molar-refractivity contribution in [1.29, 1.82) is 0 Å². The van der Waals surface area contributed by atoms with Crippen molar-refractivity contribution in [1.82, 2.24) is 15.1 Å². The molecule has 1 amide bonds. The van der Waals surface area contributed by atoms with Crippen molar-refractivity contribution < 1.29 is 9.53 Å². The van der Waals surface area contributed by atoms with Crippen LogP contribution < -0.4 is 5.32 Å². The van der Waals surface area contributed by atoms with Crippen molar-refractivity contribution in [3.63, 3.8) is 0 Å². The fourth-order valence-corrected chi connectivity index (χ4v) is 3.44. The standard InChI is InChI=1S/C14H23N3O2S2/c1-2-7-19-14(18)17-10-12(20)8-11(17)9-15-13(21)16-5-3-4-6-16/h2,11-12,20H,1,3-10H2,(H,15,21)/t11-,12-/m0/s1. The molecular weight excluding hydrogens is 306 g/mol. The molecule has 0 aromatic carbocycles. The third-order valence-electron chi connectivity index (χ3n) is 3.83. The number of amides is 1. The minimum atomic E-state index is -0.301. The fourth-order valence-electron chi connectivity index (χ4n) is 2.76. The van der Waals surface area contributed by atoms with E-state index < -0.39 is 0 Å². The van der Waals surface area contributed by atoms with Crippen LogP contribution in [0.25, 0.3) is 0 Å². The van der Waals surface area contributed by atoms with Crippen LogP contribution in [0.2, 0.25) is 0 Å². The molecule has 0 spiro atoms. The minimum absolute atomic E-state index is 0.0744. The number of thiol groups is 1. The molecule has 2 rings (SSSR count). The van der Waals surface area contributed by atoms with Crippen LogP contribution in [0.3, 0.4) is 0 Å². The van der Waals surface area contributed by atoms with Gasteiger partial charge in [-0.25, -0.2) is 4.79 Å². The molecule has 2 aliphatic heterocycles. The molecule has 2 heterocycles. The molecule has 5 nitrogen and oxygen atoms in total. The van der Waals surface area contributed by atoms with Crippen LogP contribution in [0.5, 0.6) is 0 Å². The molecule has 118 valence electrons. The fraction of sp³-hybridized carbons (Fsp3) is 0.714. The summed E-state index contributed by atoms with van der Waals surface area (Å²) in [6, 6.07) is 0.0744. The third kappa shape index (κ3) is 4.51. The van der Waals surface area contributed by atoms with Crippen LogP contribution in [0, 0.1) is 0 Å². The van der Waals surface area contributed by atoms with E-state index in [0.717, 1.165) is 24.6 Å². The van der Waals surface area contributed by atoms with Crippen molar-refractivity contribution in [3.05, 3.63) is 12.7 Å². The summed E-state index contributed by atoms with van der Waals surface area (Å²) >= 11 is 9.89. The summed E-state index contributed by atoms with van der Waals surface area (Å²) in [7, 11) is 0. The largest absolute Gasteiger partial charge is 0.445 e. The van der Waals surface area contributed by atoms with Gasteiger partial charge in [-0.3, -0.25) is 0 Å². The molecule has 0 aliphatic carbocycles. The van der Waals surface area contributed by atoms with Gasteiger partial charge in [-0.2, -0.15) is 12.6 Å². The molecule has 2 atom stereocenters. The van der Waals surface area contributed by atoms with E-state index in [-0.39, 0.29) is 24.0 Å². The minimum Gasteiger partial charge on any atom is -0.445 e. The summed E-state index contributed by atoms with van der Waals surface area (Å²) < 4.78 is 5.12. The second-order valence-electron chi connectivity index (χ2n) is 5.44. The number of hydrogen-bond donors (Lipinski definition) is 2. The van der Waals surface area contributed by atoms with E-state index in [0.29, 0.717) is 13.1 Å². The predicted molar refractivity (Wildman–Crippen MR) is 90.8 cm³/mol. The number of nitrogens with one attached hydrogen (secondary N) is 1. The highest BCUT2D eigenvalue weighted by molar-refractivity contribution is 7.81. The normalized spacial score (nSPS) is 25.0. The molecule has 2 aliphatic rings. The highest BCUT2D eigenvalue weighted by atomic mass is 32.1. The first kappa shape index (κ1) is 16.4. The lowest BCUT2D eigenvalue weighted by Crippen LogP contribution is -2.46. The average molecular weight is 329 g/mol. The van der Waals surface area contributed by atoms with Gasteiger partial charge in [0.1, 0.15) is 6.61 Å². The number of nitrogens with zero attached hydrogens (tertiary/aromatic N) is 2. The van der Waals surface area contributed by atoms with Gasteiger partial charge in [0, 0.05) is 31.4 Å². The zero-order valence-corrected chi connectivity index (χ0v) is 13.9. The lowest BCUT2D eigenvalue weighted by molar-refractivity contribution is 0.108. The first-order valence-corrected chi connectivity index (χ1v) is 8.29. The van der Waals surface area contributed by atoms with Gasteiger partial charge in [-0.05, 0) is 31.5 Å². The molecule has 2 saturated heterocycles. The van der Waals surface area contributed by atoms with Gasteiger partial charge in [-0.1, -0.05) is 12.7 Å². The van der Waals surface area contributed by atoms with Gasteiger partial charge in [-0.15, -0.1) is 0 Å². The maximum Gasteiger partial charge on any atom is 0.410 e. The molecule has 21 heavy (non-hydrogen) atoms. The van der Waals surface area contributed by atoms with Gasteiger partial charge >= 0.3 is 6.09 Å². The van der Waals surface area contributed by atoms with Gasteiger partial charge in [0.05, 0.1) is 6.04 Å². The Hall–Kier alpha value is -0.950. The molecule has 0 bridgehead atoms. The third-order valence-corrected chi connectivity index (χ3v) is 4.61. The maximum atomic E-state index is 12.0. The topological polar surface area (TPSA) is 44.8 Å². The Bertz CT molecular complexity index is 400. The van der Waals surface area contributed by atoms with Gasteiger partial charge in [0.25, 0.3) is 0 Å². The average Bonchev–Trinajstić information content (AvgIpc) is 3.11. The Balaban J connectivity index is 1.83. The molecule has 0 aromatic rings. The Labute approximate surface area is 137 Å². The highest BCUT2D eigenvalue weighted by Crippen LogP contribution is 2.22. The lowest BCUT2D eigenvalue weighted by atomic mass is 10.2. The number of carbonyl (C=O) groups is 1.